The first kappa shape index (κ1) is 11.5. The lowest BCUT2D eigenvalue weighted by molar-refractivity contribution is 0.370. The van der Waals surface area contributed by atoms with E-state index in [2.05, 4.69) is 46.6 Å². The van der Waals surface area contributed by atoms with Crippen LogP contribution < -0.4 is 0 Å². The van der Waals surface area contributed by atoms with Gasteiger partial charge in [0.25, 0.3) is 0 Å². The monoisotopic (exact) mass is 257 g/mol. The van der Waals surface area contributed by atoms with Gasteiger partial charge in [0.05, 0.1) is 22.9 Å². The Morgan fingerprint density at radius 1 is 1.64 bits per heavy atom. The van der Waals surface area contributed by atoms with Crippen molar-refractivity contribution in [3.8, 4) is 0 Å². The Kier molecular flexibility index (Phi) is 4.35. The van der Waals surface area contributed by atoms with Gasteiger partial charge in [-0.1, -0.05) is 6.08 Å². The van der Waals surface area contributed by atoms with E-state index < -0.39 is 0 Å². The minimum atomic E-state index is 0.855. The van der Waals surface area contributed by atoms with Crippen molar-refractivity contribution in [1.29, 1.82) is 0 Å². The lowest BCUT2D eigenvalue weighted by atomic mass is 10.3. The van der Waals surface area contributed by atoms with Gasteiger partial charge in [0, 0.05) is 13.0 Å². The molecule has 3 nitrogen and oxygen atoms in total. The molecule has 1 rings (SSSR count). The summed E-state index contributed by atoms with van der Waals surface area (Å²) in [5.74, 6) is 0. The third-order valence-corrected chi connectivity index (χ3v) is 2.66. The number of hydrogen-bond donors (Lipinski definition) is 0. The van der Waals surface area contributed by atoms with E-state index in [1.165, 1.54) is 5.69 Å². The highest BCUT2D eigenvalue weighted by molar-refractivity contribution is 9.10. The lowest BCUT2D eigenvalue weighted by Crippen LogP contribution is -2.20. The van der Waals surface area contributed by atoms with Gasteiger partial charge in [-0.25, -0.2) is 0 Å². The van der Waals surface area contributed by atoms with Crippen LogP contribution in [0.1, 0.15) is 5.69 Å². The van der Waals surface area contributed by atoms with Crippen LogP contribution >= 0.6 is 15.9 Å². The Morgan fingerprint density at radius 3 is 2.93 bits per heavy atom. The van der Waals surface area contributed by atoms with Crippen molar-refractivity contribution in [3.63, 3.8) is 0 Å². The number of likely N-dealkylation sites (N-methyl/N-ethyl adjacent to an activating group) is 1. The van der Waals surface area contributed by atoms with Crippen LogP contribution in [0, 0.1) is 0 Å². The Balaban J connectivity index is 2.70. The SMILES string of the molecule is C=CCc1c(Br)cnn1CCN(C)C. The molecule has 0 spiro atoms. The van der Waals surface area contributed by atoms with Crippen molar-refractivity contribution in [2.75, 3.05) is 20.6 Å². The highest BCUT2D eigenvalue weighted by Gasteiger charge is 2.06. The fraction of sp³-hybridized carbons (Fsp3) is 0.500. The molecule has 1 aromatic rings. The Hall–Kier alpha value is -0.610. The van der Waals surface area contributed by atoms with Crippen LogP contribution in [0.3, 0.4) is 0 Å². The number of rotatable bonds is 5. The highest BCUT2D eigenvalue weighted by atomic mass is 79.9. The first-order chi connectivity index (χ1) is 6.65. The molecule has 1 aromatic heterocycles. The van der Waals surface area contributed by atoms with Gasteiger partial charge in [-0.15, -0.1) is 6.58 Å². The molecule has 0 saturated heterocycles. The molecule has 1 heterocycles. The van der Waals surface area contributed by atoms with Crippen molar-refractivity contribution < 1.29 is 0 Å². The van der Waals surface area contributed by atoms with Crippen LogP contribution in [0.5, 0.6) is 0 Å². The van der Waals surface area contributed by atoms with Crippen LogP contribution in [0.4, 0.5) is 0 Å². The molecular weight excluding hydrogens is 242 g/mol. The van der Waals surface area contributed by atoms with E-state index in [-0.39, 0.29) is 0 Å². The quantitative estimate of drug-likeness (QED) is 0.752. The summed E-state index contributed by atoms with van der Waals surface area (Å²) in [5, 5.41) is 4.30. The predicted molar refractivity (Wildman–Crippen MR) is 62.4 cm³/mol. The first-order valence-electron chi connectivity index (χ1n) is 4.61. The van der Waals surface area contributed by atoms with Crippen LogP contribution in [0.2, 0.25) is 0 Å². The standard InChI is InChI=1S/C10H16BrN3/c1-4-5-10-9(11)8-12-14(10)7-6-13(2)3/h4,8H,1,5-7H2,2-3H3. The van der Waals surface area contributed by atoms with Crippen LogP contribution in [-0.2, 0) is 13.0 Å². The summed E-state index contributed by atoms with van der Waals surface area (Å²) >= 11 is 3.48. The number of nitrogens with zero attached hydrogens (tertiary/aromatic N) is 3. The van der Waals surface area contributed by atoms with E-state index in [9.17, 15) is 0 Å². The summed E-state index contributed by atoms with van der Waals surface area (Å²) < 4.78 is 3.09. The van der Waals surface area contributed by atoms with Crippen molar-refractivity contribution >= 4 is 15.9 Å². The van der Waals surface area contributed by atoms with Crippen LogP contribution in [0.25, 0.3) is 0 Å². The van der Waals surface area contributed by atoms with Crippen molar-refractivity contribution in [3.05, 3.63) is 29.0 Å². The second kappa shape index (κ2) is 5.32. The molecule has 4 heteroatoms. The lowest BCUT2D eigenvalue weighted by Gasteiger charge is -2.11. The first-order valence-corrected chi connectivity index (χ1v) is 5.40. The van der Waals surface area contributed by atoms with Gasteiger partial charge < -0.3 is 4.90 Å². The molecule has 0 aromatic carbocycles. The molecule has 0 N–H and O–H groups in total. The summed E-state index contributed by atoms with van der Waals surface area (Å²) in [4.78, 5) is 2.15. The summed E-state index contributed by atoms with van der Waals surface area (Å²) in [6.07, 6.45) is 4.59. The minimum absolute atomic E-state index is 0.855. The molecule has 0 saturated carbocycles. The number of hydrogen-bond acceptors (Lipinski definition) is 2. The van der Waals surface area contributed by atoms with Crippen LogP contribution in [0.15, 0.2) is 23.3 Å². The highest BCUT2D eigenvalue weighted by Crippen LogP contribution is 2.16. The predicted octanol–water partition coefficient (Wildman–Crippen LogP) is 1.94. The zero-order chi connectivity index (χ0) is 10.6. The maximum absolute atomic E-state index is 4.30. The zero-order valence-corrected chi connectivity index (χ0v) is 10.3. The Morgan fingerprint density at radius 2 is 2.36 bits per heavy atom. The summed E-state index contributed by atoms with van der Waals surface area (Å²) in [6, 6.07) is 0. The molecule has 0 bridgehead atoms. The Bertz CT molecular complexity index is 304. The van der Waals surface area contributed by atoms with Gasteiger partial charge in [-0.05, 0) is 30.0 Å². The number of allylic oxidation sites excluding steroid dienone is 1. The third-order valence-electron chi connectivity index (χ3n) is 1.99. The smallest absolute Gasteiger partial charge is 0.0635 e. The van der Waals surface area contributed by atoms with Crippen molar-refractivity contribution in [2.24, 2.45) is 0 Å². The molecule has 0 aliphatic rings. The summed E-state index contributed by atoms with van der Waals surface area (Å²) in [5.41, 5.74) is 1.20. The fourth-order valence-electron chi connectivity index (χ4n) is 1.21. The molecule has 0 fully saturated rings. The second-order valence-electron chi connectivity index (χ2n) is 3.46. The minimum Gasteiger partial charge on any atom is -0.308 e. The molecule has 0 atom stereocenters. The maximum atomic E-state index is 4.30. The van der Waals surface area contributed by atoms with E-state index in [4.69, 9.17) is 0 Å². The van der Waals surface area contributed by atoms with Gasteiger partial charge in [-0.3, -0.25) is 4.68 Å². The van der Waals surface area contributed by atoms with Gasteiger partial charge in [0.1, 0.15) is 0 Å². The summed E-state index contributed by atoms with van der Waals surface area (Å²) in [7, 11) is 4.12. The average Bonchev–Trinajstić information content (AvgIpc) is 2.46. The van der Waals surface area contributed by atoms with Crippen molar-refractivity contribution in [2.45, 2.75) is 13.0 Å². The molecular formula is C10H16BrN3. The van der Waals surface area contributed by atoms with Gasteiger partial charge in [0.15, 0.2) is 0 Å². The van der Waals surface area contributed by atoms with Gasteiger partial charge >= 0.3 is 0 Å². The van der Waals surface area contributed by atoms with Crippen LogP contribution in [-0.4, -0.2) is 35.3 Å². The van der Waals surface area contributed by atoms with E-state index in [1.807, 2.05) is 17.0 Å². The molecule has 0 amide bonds. The zero-order valence-electron chi connectivity index (χ0n) is 8.70. The van der Waals surface area contributed by atoms with Gasteiger partial charge in [0.2, 0.25) is 0 Å². The Labute approximate surface area is 93.5 Å². The van der Waals surface area contributed by atoms with Gasteiger partial charge in [-0.2, -0.15) is 5.10 Å². The third kappa shape index (κ3) is 2.96. The molecule has 0 unspecified atom stereocenters. The van der Waals surface area contributed by atoms with E-state index >= 15 is 0 Å². The molecule has 0 aliphatic carbocycles. The topological polar surface area (TPSA) is 21.1 Å². The molecule has 14 heavy (non-hydrogen) atoms. The molecule has 0 aliphatic heterocycles. The largest absolute Gasteiger partial charge is 0.308 e. The average molecular weight is 258 g/mol. The van der Waals surface area contributed by atoms with E-state index in [0.29, 0.717) is 0 Å². The van der Waals surface area contributed by atoms with E-state index in [1.54, 1.807) is 0 Å². The molecule has 0 radical (unpaired) electrons. The summed E-state index contributed by atoms with van der Waals surface area (Å²) in [6.45, 7) is 5.66. The molecule has 78 valence electrons. The second-order valence-corrected chi connectivity index (χ2v) is 4.31. The number of aromatic nitrogens is 2. The fourth-order valence-corrected chi connectivity index (χ4v) is 1.67. The maximum Gasteiger partial charge on any atom is 0.0635 e. The normalized spacial score (nSPS) is 10.9. The van der Waals surface area contributed by atoms with E-state index in [0.717, 1.165) is 24.0 Å². The van der Waals surface area contributed by atoms with Crippen molar-refractivity contribution in [1.82, 2.24) is 14.7 Å². The number of halogens is 1.